The van der Waals surface area contributed by atoms with Gasteiger partial charge in [0.15, 0.2) is 0 Å². The van der Waals surface area contributed by atoms with Crippen LogP contribution in [0.3, 0.4) is 0 Å². The molecule has 1 aromatic heterocycles. The molecular weight excluding hydrogens is 432 g/mol. The summed E-state index contributed by atoms with van der Waals surface area (Å²) in [6, 6.07) is 18.8. The van der Waals surface area contributed by atoms with Gasteiger partial charge in [0.2, 0.25) is 0 Å². The van der Waals surface area contributed by atoms with Gasteiger partial charge in [-0.1, -0.05) is 30.3 Å². The van der Waals surface area contributed by atoms with Crippen molar-refractivity contribution in [2.45, 2.75) is 11.3 Å². The third-order valence-corrected chi connectivity index (χ3v) is 6.87. The fraction of sp³-hybridized carbons (Fsp3) is 0.0870. The zero-order chi connectivity index (χ0) is 22.9. The molecule has 0 saturated heterocycles. The van der Waals surface area contributed by atoms with Crippen molar-refractivity contribution in [1.82, 2.24) is 3.97 Å². The second kappa shape index (κ2) is 8.27. The third kappa shape index (κ3) is 3.52. The van der Waals surface area contributed by atoms with Crippen LogP contribution in [0.1, 0.15) is 5.56 Å². The summed E-state index contributed by atoms with van der Waals surface area (Å²) in [5.74, 6) is 0.516. The molecule has 0 aliphatic rings. The first-order chi connectivity index (χ1) is 15.4. The van der Waals surface area contributed by atoms with Crippen LogP contribution in [0, 0.1) is 10.1 Å². The molecule has 4 rings (SSSR count). The molecule has 0 aliphatic carbocycles. The number of carbonyl (C=O) groups excluding carboxylic acids is 1. The Labute approximate surface area is 183 Å². The number of aldehydes is 1. The summed E-state index contributed by atoms with van der Waals surface area (Å²) < 4.78 is 33.7. The topological polar surface area (TPSA) is 109 Å². The van der Waals surface area contributed by atoms with E-state index in [0.717, 1.165) is 3.97 Å². The van der Waals surface area contributed by atoms with E-state index in [-0.39, 0.29) is 33.8 Å². The fourth-order valence-corrected chi connectivity index (χ4v) is 5.26. The number of nitrogens with zero attached hydrogens (tertiary/aromatic N) is 2. The normalized spacial score (nSPS) is 11.4. The van der Waals surface area contributed by atoms with Crippen LogP contribution in [-0.2, 0) is 21.2 Å². The highest BCUT2D eigenvalue weighted by Crippen LogP contribution is 2.39. The molecule has 162 valence electrons. The Morgan fingerprint density at radius 3 is 2.44 bits per heavy atom. The SMILES string of the molecule is COc1ccc2c(c1)cc(-c1cccc(CC=O)c1[N+](=O)[O-])n2S(=O)(=O)c1ccccc1. The molecule has 0 N–H and O–H groups in total. The van der Waals surface area contributed by atoms with Crippen molar-refractivity contribution in [3.05, 3.63) is 88.5 Å². The van der Waals surface area contributed by atoms with Gasteiger partial charge in [0, 0.05) is 17.4 Å². The fourth-order valence-electron chi connectivity index (χ4n) is 3.71. The van der Waals surface area contributed by atoms with Crippen LogP contribution < -0.4 is 4.74 Å². The Balaban J connectivity index is 2.12. The maximum absolute atomic E-state index is 13.7. The van der Waals surface area contributed by atoms with Gasteiger partial charge >= 0.3 is 0 Å². The largest absolute Gasteiger partial charge is 0.497 e. The number of benzene rings is 3. The second-order valence-corrected chi connectivity index (χ2v) is 8.76. The van der Waals surface area contributed by atoms with Gasteiger partial charge in [-0.3, -0.25) is 10.1 Å². The zero-order valence-corrected chi connectivity index (χ0v) is 17.8. The molecule has 9 heteroatoms. The van der Waals surface area contributed by atoms with Crippen molar-refractivity contribution >= 4 is 32.9 Å². The maximum atomic E-state index is 13.7. The lowest BCUT2D eigenvalue weighted by Crippen LogP contribution is -2.14. The van der Waals surface area contributed by atoms with Gasteiger partial charge in [-0.2, -0.15) is 0 Å². The first-order valence-electron chi connectivity index (χ1n) is 9.59. The molecule has 0 spiro atoms. The van der Waals surface area contributed by atoms with Gasteiger partial charge < -0.3 is 9.53 Å². The highest BCUT2D eigenvalue weighted by Gasteiger charge is 2.29. The Kier molecular flexibility index (Phi) is 5.50. The summed E-state index contributed by atoms with van der Waals surface area (Å²) >= 11 is 0. The van der Waals surface area contributed by atoms with Crippen LogP contribution in [0.5, 0.6) is 5.75 Å². The third-order valence-electron chi connectivity index (χ3n) is 5.13. The summed E-state index contributed by atoms with van der Waals surface area (Å²) in [5.41, 5.74) is 0.466. The van der Waals surface area contributed by atoms with Gasteiger partial charge in [-0.05, 0) is 42.5 Å². The number of hydrogen-bond acceptors (Lipinski definition) is 6. The zero-order valence-electron chi connectivity index (χ0n) is 17.0. The molecule has 0 atom stereocenters. The summed E-state index contributed by atoms with van der Waals surface area (Å²) in [6.07, 6.45) is 0.414. The molecule has 0 unspecified atom stereocenters. The van der Waals surface area contributed by atoms with E-state index >= 15 is 0 Å². The number of nitro groups is 1. The van der Waals surface area contributed by atoms with Crippen molar-refractivity contribution in [1.29, 1.82) is 0 Å². The van der Waals surface area contributed by atoms with Gasteiger partial charge in [-0.25, -0.2) is 12.4 Å². The Bertz CT molecular complexity index is 1440. The highest BCUT2D eigenvalue weighted by atomic mass is 32.2. The van der Waals surface area contributed by atoms with Gasteiger partial charge in [0.25, 0.3) is 15.7 Å². The molecule has 32 heavy (non-hydrogen) atoms. The van der Waals surface area contributed by atoms with Gasteiger partial charge in [0.05, 0.1) is 33.7 Å². The van der Waals surface area contributed by atoms with E-state index in [1.165, 1.54) is 31.4 Å². The number of para-hydroxylation sites is 1. The molecule has 0 radical (unpaired) electrons. The molecule has 0 amide bonds. The predicted molar refractivity (Wildman–Crippen MR) is 119 cm³/mol. The average molecular weight is 450 g/mol. The molecule has 0 fully saturated rings. The average Bonchev–Trinajstić information content (AvgIpc) is 3.19. The number of rotatable bonds is 7. The Hall–Kier alpha value is -3.98. The van der Waals surface area contributed by atoms with Gasteiger partial charge in [0.1, 0.15) is 12.0 Å². The molecule has 0 aliphatic heterocycles. The standard InChI is InChI=1S/C23H18N2O6S/c1-31-18-10-11-21-17(14-18)15-22(24(21)32(29,30)19-7-3-2-4-8-19)20-9-5-6-16(12-13-26)23(20)25(27)28/h2-11,13-15H,12H2,1H3. The first-order valence-corrected chi connectivity index (χ1v) is 11.0. The summed E-state index contributed by atoms with van der Waals surface area (Å²) in [4.78, 5) is 22.5. The summed E-state index contributed by atoms with van der Waals surface area (Å²) in [6.45, 7) is 0. The van der Waals surface area contributed by atoms with Crippen molar-refractivity contribution in [3.8, 4) is 17.0 Å². The van der Waals surface area contributed by atoms with Crippen LogP contribution in [0.4, 0.5) is 5.69 Å². The van der Waals surface area contributed by atoms with Crippen molar-refractivity contribution in [3.63, 3.8) is 0 Å². The van der Waals surface area contributed by atoms with E-state index in [1.807, 2.05) is 0 Å². The lowest BCUT2D eigenvalue weighted by Gasteiger charge is -2.13. The molecule has 0 saturated carbocycles. The van der Waals surface area contributed by atoms with Crippen LogP contribution in [0.15, 0.2) is 77.7 Å². The Morgan fingerprint density at radius 1 is 1.03 bits per heavy atom. The number of nitro benzene ring substituents is 1. The lowest BCUT2D eigenvalue weighted by molar-refractivity contribution is -0.384. The molecule has 8 nitrogen and oxygen atoms in total. The molecule has 0 bridgehead atoms. The van der Waals surface area contributed by atoms with E-state index in [2.05, 4.69) is 0 Å². The van der Waals surface area contributed by atoms with Crippen molar-refractivity contribution < 1.29 is 22.9 Å². The van der Waals surface area contributed by atoms with Crippen LogP contribution >= 0.6 is 0 Å². The second-order valence-electron chi connectivity index (χ2n) is 6.98. The maximum Gasteiger partial charge on any atom is 0.282 e. The van der Waals surface area contributed by atoms with E-state index < -0.39 is 14.9 Å². The van der Waals surface area contributed by atoms with Crippen molar-refractivity contribution in [2.24, 2.45) is 0 Å². The molecular formula is C23H18N2O6S. The first kappa shape index (κ1) is 21.3. The van der Waals surface area contributed by atoms with Gasteiger partial charge in [-0.15, -0.1) is 0 Å². The number of fused-ring (bicyclic) bond motifs is 1. The predicted octanol–water partition coefficient (Wildman–Crippen LogP) is 4.20. The van der Waals surface area contributed by atoms with E-state index in [1.54, 1.807) is 48.5 Å². The summed E-state index contributed by atoms with van der Waals surface area (Å²) in [5, 5.41) is 12.5. The van der Waals surface area contributed by atoms with Crippen LogP contribution in [0.2, 0.25) is 0 Å². The van der Waals surface area contributed by atoms with E-state index in [4.69, 9.17) is 4.74 Å². The number of ether oxygens (including phenoxy) is 1. The minimum absolute atomic E-state index is 0.0428. The minimum atomic E-state index is -4.10. The number of hydrogen-bond donors (Lipinski definition) is 0. The summed E-state index contributed by atoms with van der Waals surface area (Å²) in [7, 11) is -2.61. The van der Waals surface area contributed by atoms with Crippen LogP contribution in [0.25, 0.3) is 22.2 Å². The van der Waals surface area contributed by atoms with E-state index in [9.17, 15) is 23.3 Å². The quantitative estimate of drug-likeness (QED) is 0.237. The lowest BCUT2D eigenvalue weighted by atomic mass is 10.0. The number of aromatic nitrogens is 1. The number of carbonyl (C=O) groups is 1. The monoisotopic (exact) mass is 450 g/mol. The Morgan fingerprint density at radius 2 is 1.78 bits per heavy atom. The number of methoxy groups -OCH3 is 1. The van der Waals surface area contributed by atoms with E-state index in [0.29, 0.717) is 22.9 Å². The highest BCUT2D eigenvalue weighted by molar-refractivity contribution is 7.90. The molecule has 3 aromatic carbocycles. The van der Waals surface area contributed by atoms with Crippen molar-refractivity contribution in [2.75, 3.05) is 7.11 Å². The minimum Gasteiger partial charge on any atom is -0.497 e. The van der Waals surface area contributed by atoms with Crippen LogP contribution in [-0.4, -0.2) is 30.7 Å². The molecule has 4 aromatic rings. The molecule has 1 heterocycles. The smallest absolute Gasteiger partial charge is 0.282 e.